The van der Waals surface area contributed by atoms with Crippen molar-refractivity contribution in [3.8, 4) is 0 Å². The third kappa shape index (κ3) is 20.8. The Morgan fingerprint density at radius 3 is 1.93 bits per heavy atom. The molecule has 0 bridgehead atoms. The highest BCUT2D eigenvalue weighted by atomic mass is 31.2. The average Bonchev–Trinajstić information content (AvgIpc) is 2.63. The fourth-order valence-corrected chi connectivity index (χ4v) is 3.80. The van der Waals surface area contributed by atoms with Crippen LogP contribution in [0.25, 0.3) is 0 Å². The molecule has 0 rings (SSSR count). The summed E-state index contributed by atoms with van der Waals surface area (Å²) in [6, 6.07) is 0. The third-order valence-corrected chi connectivity index (χ3v) is 5.93. The van der Waals surface area contributed by atoms with Gasteiger partial charge in [0, 0.05) is 12.8 Å². The fourth-order valence-electron chi connectivity index (χ4n) is 3.03. The molecule has 30 heavy (non-hydrogen) atoms. The first kappa shape index (κ1) is 29.5. The van der Waals surface area contributed by atoms with Crippen LogP contribution in [0.1, 0.15) is 84.5 Å². The number of phosphoric ester groups is 1. The first-order valence-corrected chi connectivity index (χ1v) is 13.1. The predicted molar refractivity (Wildman–Crippen MR) is 119 cm³/mol. The molecule has 0 heterocycles. The fraction of sp³-hybridized carbons (Fsp3) is 0.955. The molecule has 0 aromatic carbocycles. The van der Waals surface area contributed by atoms with Crippen LogP contribution in [0.4, 0.5) is 0 Å². The van der Waals surface area contributed by atoms with Crippen molar-refractivity contribution in [2.45, 2.75) is 84.5 Å². The van der Waals surface area contributed by atoms with Gasteiger partial charge >= 0.3 is 5.97 Å². The normalized spacial score (nSPS) is 15.0. The molecular weight excluding hydrogens is 405 g/mol. The van der Waals surface area contributed by atoms with Crippen LogP contribution in [0.15, 0.2) is 0 Å². The summed E-state index contributed by atoms with van der Waals surface area (Å²) in [6.45, 7) is 4.38. The summed E-state index contributed by atoms with van der Waals surface area (Å²) < 4.78 is 27.7. The first-order chi connectivity index (χ1) is 14.1. The van der Waals surface area contributed by atoms with E-state index in [1.54, 1.807) is 0 Å². The Balaban J connectivity index is 4.10. The molecule has 0 aliphatic heterocycles. The lowest BCUT2D eigenvalue weighted by Gasteiger charge is -2.28. The van der Waals surface area contributed by atoms with Crippen LogP contribution in [0.5, 0.6) is 0 Å². The number of carbonyl (C=O) groups excluding carboxylic acids is 1. The maximum atomic E-state index is 12.0. The molecule has 0 aromatic heterocycles. The number of hydrogen-bond acceptors (Lipinski definition) is 6. The van der Waals surface area contributed by atoms with Crippen molar-refractivity contribution in [3.63, 3.8) is 0 Å². The van der Waals surface area contributed by atoms with Gasteiger partial charge in [0.2, 0.25) is 0 Å². The molecule has 0 fully saturated rings. The molecule has 0 aliphatic carbocycles. The van der Waals surface area contributed by atoms with Gasteiger partial charge in [-0.2, -0.15) is 0 Å². The topological polar surface area (TPSA) is 84.9 Å². The molecule has 0 aliphatic rings. The van der Waals surface area contributed by atoms with Crippen LogP contribution in [0.2, 0.25) is 0 Å². The Kier molecular flexibility index (Phi) is 16.9. The van der Waals surface area contributed by atoms with Gasteiger partial charge < -0.3 is 23.2 Å². The van der Waals surface area contributed by atoms with E-state index in [9.17, 15) is 14.3 Å². The third-order valence-electron chi connectivity index (χ3n) is 4.97. The van der Waals surface area contributed by atoms with E-state index < -0.39 is 7.82 Å². The maximum Gasteiger partial charge on any atom is 0.302 e. The number of quaternary nitrogens is 1. The quantitative estimate of drug-likeness (QED) is 0.116. The van der Waals surface area contributed by atoms with Gasteiger partial charge in [-0.15, -0.1) is 0 Å². The van der Waals surface area contributed by atoms with Gasteiger partial charge in [0.1, 0.15) is 13.2 Å². The van der Waals surface area contributed by atoms with Crippen LogP contribution in [0.3, 0.4) is 0 Å². The van der Waals surface area contributed by atoms with Gasteiger partial charge in [0.05, 0.1) is 34.4 Å². The monoisotopic (exact) mass is 451 g/mol. The van der Waals surface area contributed by atoms with Crippen molar-refractivity contribution in [1.29, 1.82) is 0 Å². The summed E-state index contributed by atoms with van der Waals surface area (Å²) in [5, 5.41) is 0. The summed E-state index contributed by atoms with van der Waals surface area (Å²) in [6.07, 6.45) is 13.2. The van der Waals surface area contributed by atoms with Crippen LogP contribution in [0, 0.1) is 5.92 Å². The lowest BCUT2D eigenvalue weighted by atomic mass is 10.0. The minimum Gasteiger partial charge on any atom is -0.756 e. The van der Waals surface area contributed by atoms with Crippen LogP contribution in [-0.2, 0) is 23.1 Å². The number of esters is 1. The molecule has 2 atom stereocenters. The lowest BCUT2D eigenvalue weighted by Crippen LogP contribution is -2.37. The highest BCUT2D eigenvalue weighted by Crippen LogP contribution is 2.39. The Bertz CT molecular complexity index is 481. The van der Waals surface area contributed by atoms with Crippen molar-refractivity contribution in [2.75, 3.05) is 47.5 Å². The van der Waals surface area contributed by atoms with E-state index in [0.717, 1.165) is 19.3 Å². The molecule has 0 aromatic rings. The molecule has 0 amide bonds. The van der Waals surface area contributed by atoms with E-state index in [1.807, 2.05) is 21.1 Å². The number of hydrogen-bond donors (Lipinski definition) is 0. The summed E-state index contributed by atoms with van der Waals surface area (Å²) in [4.78, 5) is 23.1. The molecule has 0 saturated heterocycles. The number of phosphoric acid groups is 1. The molecule has 0 saturated carbocycles. The van der Waals surface area contributed by atoms with E-state index in [1.165, 1.54) is 58.3 Å². The zero-order chi connectivity index (χ0) is 22.9. The first-order valence-electron chi connectivity index (χ1n) is 11.6. The average molecular weight is 452 g/mol. The Labute approximate surface area is 184 Å². The van der Waals surface area contributed by atoms with Gasteiger partial charge in [0.15, 0.2) is 0 Å². The van der Waals surface area contributed by atoms with Crippen LogP contribution in [-0.4, -0.2) is 58.0 Å². The Morgan fingerprint density at radius 1 is 0.900 bits per heavy atom. The van der Waals surface area contributed by atoms with Crippen molar-refractivity contribution in [2.24, 2.45) is 5.92 Å². The van der Waals surface area contributed by atoms with Crippen LogP contribution >= 0.6 is 7.82 Å². The van der Waals surface area contributed by atoms with E-state index in [2.05, 4.69) is 6.92 Å². The van der Waals surface area contributed by atoms with Gasteiger partial charge in [0.25, 0.3) is 7.82 Å². The zero-order valence-corrected chi connectivity index (χ0v) is 20.9. The van der Waals surface area contributed by atoms with Gasteiger partial charge in [-0.25, -0.2) is 0 Å². The van der Waals surface area contributed by atoms with E-state index in [0.29, 0.717) is 11.0 Å². The Morgan fingerprint density at radius 2 is 1.43 bits per heavy atom. The molecule has 2 unspecified atom stereocenters. The second kappa shape index (κ2) is 17.1. The molecule has 180 valence electrons. The molecule has 0 spiro atoms. The van der Waals surface area contributed by atoms with Crippen molar-refractivity contribution in [3.05, 3.63) is 0 Å². The highest BCUT2D eigenvalue weighted by Gasteiger charge is 2.18. The number of rotatable bonds is 20. The molecule has 8 heteroatoms. The number of unbranched alkanes of at least 4 members (excludes halogenated alkanes) is 9. The minimum atomic E-state index is -4.35. The second-order valence-electron chi connectivity index (χ2n) is 9.23. The smallest absolute Gasteiger partial charge is 0.302 e. The van der Waals surface area contributed by atoms with E-state index >= 15 is 0 Å². The molecule has 7 nitrogen and oxygen atoms in total. The largest absolute Gasteiger partial charge is 0.756 e. The summed E-state index contributed by atoms with van der Waals surface area (Å²) in [5.41, 5.74) is 0. The predicted octanol–water partition coefficient (Wildman–Crippen LogP) is 4.68. The highest BCUT2D eigenvalue weighted by molar-refractivity contribution is 7.45. The van der Waals surface area contributed by atoms with Gasteiger partial charge in [-0.1, -0.05) is 71.1 Å². The van der Waals surface area contributed by atoms with Gasteiger partial charge in [-0.05, 0) is 6.42 Å². The summed E-state index contributed by atoms with van der Waals surface area (Å²) in [7, 11) is 1.53. The molecule has 0 N–H and O–H groups in total. The summed E-state index contributed by atoms with van der Waals surface area (Å²) >= 11 is 0. The zero-order valence-electron chi connectivity index (χ0n) is 20.0. The van der Waals surface area contributed by atoms with E-state index in [-0.39, 0.29) is 31.7 Å². The lowest BCUT2D eigenvalue weighted by molar-refractivity contribution is -0.870. The summed E-state index contributed by atoms with van der Waals surface area (Å²) in [5.74, 6) is -0.514. The van der Waals surface area contributed by atoms with Crippen molar-refractivity contribution < 1.29 is 32.5 Å². The number of likely N-dealkylation sites (N-methyl/N-ethyl adjacent to an activating group) is 1. The molecular formula is C22H46NO6P. The SMILES string of the molecule is CCCCCCCCCCCCC(COC(C)=O)COP(=O)([O-])OCC[N+](C)(C)C. The number of nitrogens with zero attached hydrogens (tertiary/aromatic N) is 1. The minimum absolute atomic E-state index is 0.0180. The van der Waals surface area contributed by atoms with E-state index in [4.69, 9.17) is 13.8 Å². The molecule has 0 radical (unpaired) electrons. The number of carbonyl (C=O) groups is 1. The maximum absolute atomic E-state index is 12.0. The van der Waals surface area contributed by atoms with Crippen LogP contribution < -0.4 is 4.89 Å². The standard InChI is InChI=1S/C22H46NO6P/c1-6-7-8-9-10-11-12-13-14-15-16-22(19-27-21(2)24)20-29-30(25,26)28-18-17-23(3,4)5/h22H,6-20H2,1-5H3. The Hall–Kier alpha value is -0.460. The van der Waals surface area contributed by atoms with Gasteiger partial charge in [-0.3, -0.25) is 9.36 Å². The van der Waals surface area contributed by atoms with Crippen molar-refractivity contribution in [1.82, 2.24) is 0 Å². The number of ether oxygens (including phenoxy) is 1. The van der Waals surface area contributed by atoms with Crippen molar-refractivity contribution >= 4 is 13.8 Å². The second-order valence-corrected chi connectivity index (χ2v) is 10.6.